The van der Waals surface area contributed by atoms with Crippen molar-refractivity contribution in [1.29, 1.82) is 0 Å². The van der Waals surface area contributed by atoms with Crippen molar-refractivity contribution >= 4 is 30.9 Å². The predicted octanol–water partition coefficient (Wildman–Crippen LogP) is 1.98. The third-order valence-corrected chi connectivity index (χ3v) is 7.48. The van der Waals surface area contributed by atoms with E-state index in [1.165, 1.54) is 0 Å². The minimum Gasteiger partial charge on any atom is -0.477 e. The molecule has 1 fully saturated rings. The van der Waals surface area contributed by atoms with Crippen molar-refractivity contribution in [3.63, 3.8) is 0 Å². The van der Waals surface area contributed by atoms with Crippen LogP contribution in [0.4, 0.5) is 0 Å². The van der Waals surface area contributed by atoms with Crippen molar-refractivity contribution in [3.05, 3.63) is 23.6 Å². The lowest BCUT2D eigenvalue weighted by Gasteiger charge is -2.35. The largest absolute Gasteiger partial charge is 0.477 e. The van der Waals surface area contributed by atoms with Gasteiger partial charge in [-0.05, 0) is 30.5 Å². The van der Waals surface area contributed by atoms with Crippen LogP contribution in [0.25, 0.3) is 0 Å². The Kier molecular flexibility index (Phi) is 4.30. The summed E-state index contributed by atoms with van der Waals surface area (Å²) in [6, 6.07) is 0. The van der Waals surface area contributed by atoms with E-state index in [9.17, 15) is 19.8 Å². The van der Waals surface area contributed by atoms with E-state index in [0.717, 1.165) is 4.86 Å². The monoisotopic (exact) mass is 312 g/mol. The van der Waals surface area contributed by atoms with Crippen molar-refractivity contribution in [1.82, 2.24) is 0 Å². The van der Waals surface area contributed by atoms with Crippen LogP contribution in [0.3, 0.4) is 0 Å². The zero-order chi connectivity index (χ0) is 15.7. The molecule has 0 aromatic heterocycles. The first-order chi connectivity index (χ1) is 9.78. The molecule has 2 heterocycles. The summed E-state index contributed by atoms with van der Waals surface area (Å²) < 4.78 is 5.68. The van der Waals surface area contributed by atoms with Crippen molar-refractivity contribution in [2.24, 2.45) is 0 Å². The Balaban J connectivity index is 2.83. The number of carboxylic acid groups (broad SMARTS) is 2. The standard InChI is InChI=1S/C15H20O5S/c1-15(2)10-11(6-7-20-15)21(8-4-3-5-9-21)12(13(16)17)14(18)19/h3-5,8H,6-7,9-10H2,1-2H3,(H,16,17)(H,18,19). The molecule has 2 aliphatic heterocycles. The van der Waals surface area contributed by atoms with Crippen molar-refractivity contribution in [2.45, 2.75) is 32.3 Å². The second kappa shape index (κ2) is 5.69. The average Bonchev–Trinajstić information content (AvgIpc) is 2.37. The number of hydrogen-bond acceptors (Lipinski definition) is 3. The van der Waals surface area contributed by atoms with Crippen LogP contribution in [0.2, 0.25) is 0 Å². The summed E-state index contributed by atoms with van der Waals surface area (Å²) in [6.45, 7) is 4.40. The molecule has 0 radical (unpaired) electrons. The maximum absolute atomic E-state index is 11.5. The van der Waals surface area contributed by atoms with E-state index in [1.54, 1.807) is 11.5 Å². The Morgan fingerprint density at radius 1 is 1.24 bits per heavy atom. The van der Waals surface area contributed by atoms with Crippen LogP contribution in [-0.4, -0.2) is 49.8 Å². The third kappa shape index (κ3) is 3.06. The summed E-state index contributed by atoms with van der Waals surface area (Å²) in [5, 5.41) is 20.6. The molecular formula is C15H20O5S. The number of ether oxygens (including phenoxy) is 1. The summed E-state index contributed by atoms with van der Waals surface area (Å²) >= 11 is 0. The Morgan fingerprint density at radius 3 is 2.38 bits per heavy atom. The first kappa shape index (κ1) is 15.9. The normalized spacial score (nSPS) is 27.4. The molecule has 2 rings (SSSR count). The fraction of sp³-hybridized carbons (Fsp3) is 0.467. The van der Waals surface area contributed by atoms with Gasteiger partial charge in [0.05, 0.1) is 12.2 Å². The topological polar surface area (TPSA) is 83.8 Å². The van der Waals surface area contributed by atoms with E-state index >= 15 is 0 Å². The lowest BCUT2D eigenvalue weighted by atomic mass is 9.98. The molecule has 116 valence electrons. The number of aliphatic carboxylic acids is 2. The molecular weight excluding hydrogens is 292 g/mol. The number of allylic oxidation sites excluding steroid dienone is 2. The highest BCUT2D eigenvalue weighted by Crippen LogP contribution is 2.39. The summed E-state index contributed by atoms with van der Waals surface area (Å²) in [6.07, 6.45) is 6.65. The first-order valence-electron chi connectivity index (χ1n) is 6.75. The molecule has 0 aliphatic carbocycles. The molecule has 21 heavy (non-hydrogen) atoms. The van der Waals surface area contributed by atoms with Crippen molar-refractivity contribution in [2.75, 3.05) is 12.4 Å². The van der Waals surface area contributed by atoms with Gasteiger partial charge in [0.25, 0.3) is 0 Å². The molecule has 2 N–H and O–H groups in total. The van der Waals surface area contributed by atoms with Gasteiger partial charge in [-0.3, -0.25) is 0 Å². The van der Waals surface area contributed by atoms with Gasteiger partial charge in [0.15, 0.2) is 4.86 Å². The highest BCUT2D eigenvalue weighted by Gasteiger charge is 2.32. The maximum Gasteiger partial charge on any atom is 0.348 e. The molecule has 5 nitrogen and oxygen atoms in total. The summed E-state index contributed by atoms with van der Waals surface area (Å²) in [7, 11) is -2.12. The minimum absolute atomic E-state index is 0.384. The molecule has 0 aromatic carbocycles. The molecule has 0 spiro atoms. The van der Waals surface area contributed by atoms with E-state index in [-0.39, 0.29) is 5.60 Å². The van der Waals surface area contributed by atoms with E-state index in [4.69, 9.17) is 4.74 Å². The summed E-state index contributed by atoms with van der Waals surface area (Å²) in [5.41, 5.74) is -0.384. The zero-order valence-electron chi connectivity index (χ0n) is 12.2. The Labute approximate surface area is 124 Å². The van der Waals surface area contributed by atoms with E-state index in [1.807, 2.05) is 26.0 Å². The second-order valence-electron chi connectivity index (χ2n) is 5.73. The van der Waals surface area contributed by atoms with Crippen LogP contribution >= 0.6 is 9.21 Å². The highest BCUT2D eigenvalue weighted by atomic mass is 32.2. The number of hydrogen-bond donors (Lipinski definition) is 2. The van der Waals surface area contributed by atoms with Gasteiger partial charge >= 0.3 is 11.9 Å². The lowest BCUT2D eigenvalue weighted by Crippen LogP contribution is -2.36. The van der Waals surface area contributed by atoms with Crippen LogP contribution < -0.4 is 0 Å². The SMILES string of the molecule is CC1(C)CC(=S2(=C(C(=O)O)C(=O)O)C=CC=CC2)CCO1. The summed E-state index contributed by atoms with van der Waals surface area (Å²) in [5.74, 6) is -2.23. The van der Waals surface area contributed by atoms with E-state index in [2.05, 4.69) is 0 Å². The van der Waals surface area contributed by atoms with Gasteiger partial charge in [0.1, 0.15) is 0 Å². The fourth-order valence-corrected chi connectivity index (χ4v) is 6.38. The molecule has 0 bridgehead atoms. The summed E-state index contributed by atoms with van der Waals surface area (Å²) in [4.78, 5) is 23.7. The van der Waals surface area contributed by atoms with Gasteiger partial charge in [-0.25, -0.2) is 9.59 Å². The minimum atomic E-state index is -2.12. The molecule has 1 atom stereocenters. The number of rotatable bonds is 2. The molecule has 0 aromatic rings. The van der Waals surface area contributed by atoms with E-state index < -0.39 is 26.0 Å². The van der Waals surface area contributed by atoms with Gasteiger partial charge in [-0.2, -0.15) is 9.21 Å². The number of carboxylic acids is 2. The van der Waals surface area contributed by atoms with Crippen molar-refractivity contribution in [3.8, 4) is 0 Å². The van der Waals surface area contributed by atoms with Crippen LogP contribution in [0, 0.1) is 0 Å². The average molecular weight is 312 g/mol. The van der Waals surface area contributed by atoms with Crippen molar-refractivity contribution < 1.29 is 24.5 Å². The molecule has 1 unspecified atom stereocenters. The number of carbonyl (C=O) groups is 2. The molecule has 2 aliphatic rings. The predicted molar refractivity (Wildman–Crippen MR) is 85.3 cm³/mol. The maximum atomic E-state index is 11.5. The van der Waals surface area contributed by atoms with Crippen LogP contribution in [0.5, 0.6) is 0 Å². The first-order valence-corrected chi connectivity index (χ1v) is 8.62. The second-order valence-corrected chi connectivity index (χ2v) is 8.91. The van der Waals surface area contributed by atoms with Gasteiger partial charge < -0.3 is 14.9 Å². The Bertz CT molecular complexity index is 642. The van der Waals surface area contributed by atoms with Gasteiger partial charge in [-0.1, -0.05) is 18.2 Å². The van der Waals surface area contributed by atoms with Crippen LogP contribution in [-0.2, 0) is 14.3 Å². The third-order valence-electron chi connectivity index (χ3n) is 3.68. The highest BCUT2D eigenvalue weighted by molar-refractivity contribution is 8.34. The smallest absolute Gasteiger partial charge is 0.348 e. The Hall–Kier alpha value is -1.53. The van der Waals surface area contributed by atoms with Gasteiger partial charge in [0.2, 0.25) is 0 Å². The van der Waals surface area contributed by atoms with Gasteiger partial charge in [-0.15, -0.1) is 0 Å². The molecule has 0 amide bonds. The fourth-order valence-electron chi connectivity index (χ4n) is 2.80. The quantitative estimate of drug-likeness (QED) is 0.601. The van der Waals surface area contributed by atoms with Crippen LogP contribution in [0.15, 0.2) is 23.6 Å². The Morgan fingerprint density at radius 2 is 1.90 bits per heavy atom. The lowest BCUT2D eigenvalue weighted by molar-refractivity contribution is -0.134. The van der Waals surface area contributed by atoms with E-state index in [0.29, 0.717) is 25.2 Å². The molecule has 6 heteroatoms. The van der Waals surface area contributed by atoms with Crippen LogP contribution in [0.1, 0.15) is 26.7 Å². The van der Waals surface area contributed by atoms with Gasteiger partial charge in [0, 0.05) is 12.2 Å². The zero-order valence-corrected chi connectivity index (χ0v) is 13.0. The molecule has 1 saturated heterocycles. The molecule has 0 saturated carbocycles.